The van der Waals surface area contributed by atoms with Gasteiger partial charge >= 0.3 is 0 Å². The molecule has 0 aliphatic rings. The zero-order valence-corrected chi connectivity index (χ0v) is 7.54. The quantitative estimate of drug-likeness (QED) is 0.649. The Morgan fingerprint density at radius 1 is 1.73 bits per heavy atom. The van der Waals surface area contributed by atoms with E-state index >= 15 is 0 Å². The first-order chi connectivity index (χ1) is 5.24. The number of halogens is 1. The normalized spacial score (nSPS) is 13.4. The lowest BCUT2D eigenvalue weighted by atomic mass is 10.3. The van der Waals surface area contributed by atoms with E-state index in [1.807, 2.05) is 18.5 Å². The molecule has 1 unspecified atom stereocenters. The Bertz CT molecular complexity index is 219. The molecule has 0 bridgehead atoms. The van der Waals surface area contributed by atoms with Gasteiger partial charge in [-0.15, -0.1) is 11.6 Å². The summed E-state index contributed by atoms with van der Waals surface area (Å²) in [5, 5.41) is 4.16. The van der Waals surface area contributed by atoms with Crippen LogP contribution in [0.3, 0.4) is 0 Å². The SMILES string of the molecule is CCn1ncnc1CC(C)Cl. The summed E-state index contributed by atoms with van der Waals surface area (Å²) in [6, 6.07) is 0. The van der Waals surface area contributed by atoms with E-state index in [4.69, 9.17) is 11.6 Å². The summed E-state index contributed by atoms with van der Waals surface area (Å²) in [6.07, 6.45) is 2.35. The van der Waals surface area contributed by atoms with E-state index in [1.165, 1.54) is 0 Å². The third-order valence-electron chi connectivity index (χ3n) is 1.46. The molecule has 0 saturated carbocycles. The summed E-state index contributed by atoms with van der Waals surface area (Å²) in [4.78, 5) is 4.09. The Morgan fingerprint density at radius 2 is 2.45 bits per heavy atom. The monoisotopic (exact) mass is 173 g/mol. The fourth-order valence-electron chi connectivity index (χ4n) is 0.962. The minimum Gasteiger partial charge on any atom is -0.250 e. The van der Waals surface area contributed by atoms with Crippen molar-refractivity contribution in [3.05, 3.63) is 12.2 Å². The van der Waals surface area contributed by atoms with E-state index in [-0.39, 0.29) is 5.38 Å². The number of nitrogens with zero attached hydrogens (tertiary/aromatic N) is 3. The fourth-order valence-corrected chi connectivity index (χ4v) is 1.10. The highest BCUT2D eigenvalue weighted by atomic mass is 35.5. The first-order valence-electron chi connectivity index (χ1n) is 3.74. The summed E-state index contributed by atoms with van der Waals surface area (Å²) in [5.41, 5.74) is 0. The maximum atomic E-state index is 5.82. The summed E-state index contributed by atoms with van der Waals surface area (Å²) in [6.45, 7) is 4.85. The number of hydrogen-bond donors (Lipinski definition) is 0. The van der Waals surface area contributed by atoms with Crippen molar-refractivity contribution in [2.24, 2.45) is 0 Å². The third-order valence-corrected chi connectivity index (χ3v) is 1.61. The number of rotatable bonds is 3. The van der Waals surface area contributed by atoms with Gasteiger partial charge in [-0.05, 0) is 13.8 Å². The Hall–Kier alpha value is -0.570. The number of aryl methyl sites for hydroxylation is 1. The molecular weight excluding hydrogens is 162 g/mol. The molecule has 0 aliphatic heterocycles. The number of hydrogen-bond acceptors (Lipinski definition) is 2. The highest BCUT2D eigenvalue weighted by molar-refractivity contribution is 6.20. The van der Waals surface area contributed by atoms with Crippen LogP contribution < -0.4 is 0 Å². The summed E-state index contributed by atoms with van der Waals surface area (Å²) >= 11 is 5.82. The molecule has 1 aromatic heterocycles. The number of aromatic nitrogens is 3. The molecule has 11 heavy (non-hydrogen) atoms. The third kappa shape index (κ3) is 2.19. The van der Waals surface area contributed by atoms with Gasteiger partial charge in [0.25, 0.3) is 0 Å². The average Bonchev–Trinajstić information content (AvgIpc) is 2.34. The maximum absolute atomic E-state index is 5.82. The van der Waals surface area contributed by atoms with Crippen molar-refractivity contribution in [1.29, 1.82) is 0 Å². The largest absolute Gasteiger partial charge is 0.250 e. The van der Waals surface area contributed by atoms with E-state index in [9.17, 15) is 0 Å². The predicted molar refractivity (Wildman–Crippen MR) is 44.7 cm³/mol. The maximum Gasteiger partial charge on any atom is 0.138 e. The van der Waals surface area contributed by atoms with E-state index in [1.54, 1.807) is 6.33 Å². The smallest absolute Gasteiger partial charge is 0.138 e. The molecule has 0 spiro atoms. The highest BCUT2D eigenvalue weighted by Crippen LogP contribution is 2.03. The van der Waals surface area contributed by atoms with Crippen molar-refractivity contribution in [3.8, 4) is 0 Å². The second kappa shape index (κ2) is 3.72. The van der Waals surface area contributed by atoms with Crippen molar-refractivity contribution in [2.75, 3.05) is 0 Å². The zero-order chi connectivity index (χ0) is 8.27. The van der Waals surface area contributed by atoms with E-state index in [0.717, 1.165) is 18.8 Å². The van der Waals surface area contributed by atoms with Crippen LogP contribution in [0.15, 0.2) is 6.33 Å². The first kappa shape index (κ1) is 8.53. The van der Waals surface area contributed by atoms with Gasteiger partial charge in [0.05, 0.1) is 0 Å². The fraction of sp³-hybridized carbons (Fsp3) is 0.714. The standard InChI is InChI=1S/C7H12ClN3/c1-3-11-7(4-6(2)8)9-5-10-11/h5-6H,3-4H2,1-2H3. The van der Waals surface area contributed by atoms with Gasteiger partial charge in [0.1, 0.15) is 12.2 Å². The van der Waals surface area contributed by atoms with Gasteiger partial charge in [-0.3, -0.25) is 4.68 Å². The van der Waals surface area contributed by atoms with Crippen LogP contribution in [-0.4, -0.2) is 20.1 Å². The van der Waals surface area contributed by atoms with Crippen LogP contribution in [0.25, 0.3) is 0 Å². The molecule has 0 fully saturated rings. The second-order valence-corrected chi connectivity index (χ2v) is 3.22. The van der Waals surface area contributed by atoms with Crippen LogP contribution in [0.5, 0.6) is 0 Å². The summed E-state index contributed by atoms with van der Waals surface area (Å²) in [5.74, 6) is 0.968. The minimum absolute atomic E-state index is 0.129. The van der Waals surface area contributed by atoms with Crippen molar-refractivity contribution >= 4 is 11.6 Å². The minimum atomic E-state index is 0.129. The lowest BCUT2D eigenvalue weighted by Crippen LogP contribution is -2.08. The molecule has 0 N–H and O–H groups in total. The summed E-state index contributed by atoms with van der Waals surface area (Å²) < 4.78 is 1.86. The molecule has 62 valence electrons. The molecule has 3 nitrogen and oxygen atoms in total. The van der Waals surface area contributed by atoms with Gasteiger partial charge in [-0.1, -0.05) is 0 Å². The van der Waals surface area contributed by atoms with Crippen molar-refractivity contribution in [2.45, 2.75) is 32.2 Å². The topological polar surface area (TPSA) is 30.7 Å². The first-order valence-corrected chi connectivity index (χ1v) is 4.18. The van der Waals surface area contributed by atoms with Crippen LogP contribution in [0.2, 0.25) is 0 Å². The molecular formula is C7H12ClN3. The molecule has 0 amide bonds. The molecule has 1 atom stereocenters. The van der Waals surface area contributed by atoms with E-state index in [0.29, 0.717) is 0 Å². The number of alkyl halides is 1. The molecule has 0 aromatic carbocycles. The zero-order valence-electron chi connectivity index (χ0n) is 6.79. The molecule has 0 aliphatic carbocycles. The van der Waals surface area contributed by atoms with Crippen molar-refractivity contribution < 1.29 is 0 Å². The molecule has 1 aromatic rings. The van der Waals surface area contributed by atoms with Crippen LogP contribution in [0.4, 0.5) is 0 Å². The van der Waals surface area contributed by atoms with Gasteiger partial charge in [0.15, 0.2) is 0 Å². The van der Waals surface area contributed by atoms with Crippen molar-refractivity contribution in [1.82, 2.24) is 14.8 Å². The molecule has 0 saturated heterocycles. The van der Waals surface area contributed by atoms with Gasteiger partial charge in [-0.25, -0.2) is 4.98 Å². The van der Waals surface area contributed by atoms with Crippen LogP contribution in [0.1, 0.15) is 19.7 Å². The molecule has 1 heterocycles. The Morgan fingerprint density at radius 3 is 3.00 bits per heavy atom. The average molecular weight is 174 g/mol. The molecule has 4 heteroatoms. The lowest BCUT2D eigenvalue weighted by Gasteiger charge is -2.02. The van der Waals surface area contributed by atoms with E-state index < -0.39 is 0 Å². The highest BCUT2D eigenvalue weighted by Gasteiger charge is 2.05. The predicted octanol–water partition coefficient (Wildman–Crippen LogP) is 1.47. The van der Waals surface area contributed by atoms with Gasteiger partial charge in [-0.2, -0.15) is 5.10 Å². The van der Waals surface area contributed by atoms with Gasteiger partial charge in [0.2, 0.25) is 0 Å². The van der Waals surface area contributed by atoms with Crippen LogP contribution >= 0.6 is 11.6 Å². The molecule has 1 rings (SSSR count). The van der Waals surface area contributed by atoms with E-state index in [2.05, 4.69) is 10.1 Å². The van der Waals surface area contributed by atoms with Gasteiger partial charge in [0, 0.05) is 18.3 Å². The Balaban J connectivity index is 2.68. The van der Waals surface area contributed by atoms with Crippen molar-refractivity contribution in [3.63, 3.8) is 0 Å². The van der Waals surface area contributed by atoms with Gasteiger partial charge < -0.3 is 0 Å². The van der Waals surface area contributed by atoms with Crippen LogP contribution in [-0.2, 0) is 13.0 Å². The lowest BCUT2D eigenvalue weighted by molar-refractivity contribution is 0.610. The van der Waals surface area contributed by atoms with Crippen LogP contribution in [0, 0.1) is 0 Å². The summed E-state index contributed by atoms with van der Waals surface area (Å²) in [7, 11) is 0. The molecule has 0 radical (unpaired) electrons. The Labute approximate surface area is 71.4 Å². The Kier molecular flexibility index (Phi) is 2.88. The second-order valence-electron chi connectivity index (χ2n) is 2.48.